The monoisotopic (exact) mass is 328 g/mol. The first-order valence-corrected chi connectivity index (χ1v) is 8.30. The number of carbonyl (C=O) groups excluding carboxylic acids is 1. The van der Waals surface area contributed by atoms with E-state index in [2.05, 4.69) is 10.4 Å². The number of nitrogens with two attached hydrogens (primary N) is 1. The van der Waals surface area contributed by atoms with Crippen molar-refractivity contribution in [2.45, 2.75) is 38.1 Å². The van der Waals surface area contributed by atoms with Gasteiger partial charge in [-0.3, -0.25) is 4.79 Å². The van der Waals surface area contributed by atoms with Crippen molar-refractivity contribution in [1.82, 2.24) is 15.1 Å². The molecule has 3 rings (SSSR count). The number of nitrogens with one attached hydrogen (secondary N) is 1. The lowest BCUT2D eigenvalue weighted by molar-refractivity contribution is 0.0897. The van der Waals surface area contributed by atoms with Crippen molar-refractivity contribution in [1.29, 1.82) is 0 Å². The van der Waals surface area contributed by atoms with Gasteiger partial charge in [-0.15, -0.1) is 0 Å². The highest BCUT2D eigenvalue weighted by molar-refractivity contribution is 5.92. The van der Waals surface area contributed by atoms with Crippen LogP contribution in [0, 0.1) is 6.92 Å². The lowest BCUT2D eigenvalue weighted by Crippen LogP contribution is -2.51. The van der Waals surface area contributed by atoms with Crippen LogP contribution in [0.1, 0.15) is 41.7 Å². The van der Waals surface area contributed by atoms with Gasteiger partial charge < -0.3 is 15.8 Å². The Morgan fingerprint density at radius 1 is 1.38 bits per heavy atom. The van der Waals surface area contributed by atoms with E-state index in [0.29, 0.717) is 18.0 Å². The maximum atomic E-state index is 12.6. The molecule has 1 aromatic carbocycles. The molecule has 0 atom stereocenters. The minimum absolute atomic E-state index is 0.173. The Hall–Kier alpha value is -2.34. The zero-order valence-corrected chi connectivity index (χ0v) is 14.2. The number of nitrogens with zero attached hydrogens (tertiary/aromatic N) is 2. The van der Waals surface area contributed by atoms with Crippen LogP contribution >= 0.6 is 0 Å². The van der Waals surface area contributed by atoms with Crippen LogP contribution in [0.5, 0.6) is 5.75 Å². The molecular weight excluding hydrogens is 304 g/mol. The summed E-state index contributed by atoms with van der Waals surface area (Å²) in [5.41, 5.74) is 7.91. The molecule has 1 saturated carbocycles. The molecule has 0 unspecified atom stereocenters. The average molecular weight is 328 g/mol. The lowest BCUT2D eigenvalue weighted by Gasteiger charge is -2.28. The number of hydrogen-bond donors (Lipinski definition) is 2. The molecule has 0 saturated heterocycles. The molecule has 6 heteroatoms. The van der Waals surface area contributed by atoms with Crippen molar-refractivity contribution in [3.8, 4) is 11.4 Å². The molecule has 0 aliphatic heterocycles. The van der Waals surface area contributed by atoms with Gasteiger partial charge in [0.05, 0.1) is 12.6 Å². The summed E-state index contributed by atoms with van der Waals surface area (Å²) >= 11 is 0. The molecular formula is C18H24N4O2. The summed E-state index contributed by atoms with van der Waals surface area (Å²) in [5.74, 6) is 0.539. The molecule has 0 spiro atoms. The van der Waals surface area contributed by atoms with Gasteiger partial charge >= 0.3 is 0 Å². The summed E-state index contributed by atoms with van der Waals surface area (Å²) in [6.45, 7) is 2.47. The van der Waals surface area contributed by atoms with Crippen molar-refractivity contribution in [2.75, 3.05) is 13.7 Å². The number of aromatic nitrogens is 2. The van der Waals surface area contributed by atoms with E-state index in [1.807, 2.05) is 25.1 Å². The minimum Gasteiger partial charge on any atom is -0.494 e. The Morgan fingerprint density at radius 2 is 2.12 bits per heavy atom. The first-order chi connectivity index (χ1) is 11.6. The van der Waals surface area contributed by atoms with E-state index in [-0.39, 0.29) is 11.4 Å². The molecule has 24 heavy (non-hydrogen) atoms. The average Bonchev–Trinajstić information content (AvgIpc) is 3.24. The van der Waals surface area contributed by atoms with Gasteiger partial charge in [-0.05, 0) is 43.5 Å². The molecule has 1 aliphatic carbocycles. The molecule has 1 heterocycles. The first-order valence-electron chi connectivity index (χ1n) is 8.30. The predicted molar refractivity (Wildman–Crippen MR) is 92.6 cm³/mol. The second-order valence-corrected chi connectivity index (χ2v) is 6.47. The number of aryl methyl sites for hydroxylation is 1. The highest BCUT2D eigenvalue weighted by Gasteiger charge is 2.34. The van der Waals surface area contributed by atoms with Crippen LogP contribution in [0.4, 0.5) is 0 Å². The fourth-order valence-electron chi connectivity index (χ4n) is 3.30. The number of amides is 1. The molecule has 6 nitrogen and oxygen atoms in total. The quantitative estimate of drug-likeness (QED) is 0.881. The van der Waals surface area contributed by atoms with Crippen LogP contribution < -0.4 is 15.8 Å². The number of rotatable bonds is 5. The van der Waals surface area contributed by atoms with Crippen LogP contribution in [-0.2, 0) is 0 Å². The fraction of sp³-hybridized carbons (Fsp3) is 0.444. The fourth-order valence-corrected chi connectivity index (χ4v) is 3.30. The molecule has 1 fully saturated rings. The number of benzene rings is 1. The second kappa shape index (κ2) is 6.65. The van der Waals surface area contributed by atoms with Gasteiger partial charge in [0.2, 0.25) is 0 Å². The third-order valence-corrected chi connectivity index (χ3v) is 4.73. The van der Waals surface area contributed by atoms with Crippen molar-refractivity contribution in [3.05, 3.63) is 41.7 Å². The van der Waals surface area contributed by atoms with E-state index in [1.165, 1.54) is 0 Å². The summed E-state index contributed by atoms with van der Waals surface area (Å²) < 4.78 is 7.06. The summed E-state index contributed by atoms with van der Waals surface area (Å²) in [6.07, 6.45) is 5.85. The normalized spacial score (nSPS) is 16.1. The van der Waals surface area contributed by atoms with Gasteiger partial charge in [-0.2, -0.15) is 5.10 Å². The van der Waals surface area contributed by atoms with E-state index in [0.717, 1.165) is 36.9 Å². The maximum Gasteiger partial charge on any atom is 0.272 e. The summed E-state index contributed by atoms with van der Waals surface area (Å²) in [6, 6.07) is 7.57. The van der Waals surface area contributed by atoms with Crippen molar-refractivity contribution in [3.63, 3.8) is 0 Å². The Labute approximate surface area is 142 Å². The van der Waals surface area contributed by atoms with Crippen LogP contribution in [0.3, 0.4) is 0 Å². The zero-order valence-electron chi connectivity index (χ0n) is 14.2. The summed E-state index contributed by atoms with van der Waals surface area (Å²) in [7, 11) is 1.62. The molecule has 1 amide bonds. The Bertz CT molecular complexity index is 732. The molecule has 1 aromatic heterocycles. The Balaban J connectivity index is 1.83. The third-order valence-electron chi connectivity index (χ3n) is 4.73. The Morgan fingerprint density at radius 3 is 2.79 bits per heavy atom. The van der Waals surface area contributed by atoms with E-state index in [9.17, 15) is 4.79 Å². The summed E-state index contributed by atoms with van der Waals surface area (Å²) in [5, 5.41) is 7.51. The van der Waals surface area contributed by atoms with Crippen molar-refractivity contribution >= 4 is 5.91 Å². The molecule has 0 radical (unpaired) electrons. The standard InChI is InChI=1S/C18H24N4O2/c1-13-5-6-16(24-2)15(11-13)22-10-7-14(21-22)17(23)20-18(12-19)8-3-4-9-18/h5-7,10-11H,3-4,8-9,12,19H2,1-2H3,(H,20,23). The number of hydrogen-bond acceptors (Lipinski definition) is 4. The van der Waals surface area contributed by atoms with Crippen LogP contribution in [0.25, 0.3) is 5.69 Å². The first kappa shape index (κ1) is 16.5. The highest BCUT2D eigenvalue weighted by Crippen LogP contribution is 2.29. The Kier molecular flexibility index (Phi) is 4.57. The number of methoxy groups -OCH3 is 1. The van der Waals surface area contributed by atoms with E-state index < -0.39 is 0 Å². The van der Waals surface area contributed by atoms with Gasteiger partial charge in [0.1, 0.15) is 11.4 Å². The molecule has 128 valence electrons. The highest BCUT2D eigenvalue weighted by atomic mass is 16.5. The van der Waals surface area contributed by atoms with Crippen LogP contribution in [-0.4, -0.2) is 34.9 Å². The molecule has 1 aliphatic rings. The maximum absolute atomic E-state index is 12.6. The van der Waals surface area contributed by atoms with Gasteiger partial charge in [-0.25, -0.2) is 4.68 Å². The molecule has 3 N–H and O–H groups in total. The predicted octanol–water partition coefficient (Wildman–Crippen LogP) is 2.19. The van der Waals surface area contributed by atoms with Gasteiger partial charge in [0, 0.05) is 12.7 Å². The number of ether oxygens (including phenoxy) is 1. The SMILES string of the molecule is COc1ccc(C)cc1-n1ccc(C(=O)NC2(CN)CCCC2)n1. The largest absolute Gasteiger partial charge is 0.494 e. The van der Waals surface area contributed by atoms with Gasteiger partial charge in [0.15, 0.2) is 5.69 Å². The topological polar surface area (TPSA) is 82.2 Å². The van der Waals surface area contributed by atoms with E-state index in [1.54, 1.807) is 24.1 Å². The van der Waals surface area contributed by atoms with E-state index in [4.69, 9.17) is 10.5 Å². The second-order valence-electron chi connectivity index (χ2n) is 6.47. The van der Waals surface area contributed by atoms with Crippen LogP contribution in [0.15, 0.2) is 30.5 Å². The van der Waals surface area contributed by atoms with Crippen molar-refractivity contribution < 1.29 is 9.53 Å². The smallest absolute Gasteiger partial charge is 0.272 e. The summed E-state index contributed by atoms with van der Waals surface area (Å²) in [4.78, 5) is 12.6. The lowest BCUT2D eigenvalue weighted by atomic mass is 9.97. The third kappa shape index (κ3) is 3.14. The van der Waals surface area contributed by atoms with Crippen LogP contribution in [0.2, 0.25) is 0 Å². The number of carbonyl (C=O) groups is 1. The zero-order chi connectivity index (χ0) is 17.2. The molecule has 0 bridgehead atoms. The van der Waals surface area contributed by atoms with Gasteiger partial charge in [-0.1, -0.05) is 18.9 Å². The van der Waals surface area contributed by atoms with Crippen molar-refractivity contribution in [2.24, 2.45) is 5.73 Å². The minimum atomic E-state index is -0.276. The van der Waals surface area contributed by atoms with Gasteiger partial charge in [0.25, 0.3) is 5.91 Å². The van der Waals surface area contributed by atoms with E-state index >= 15 is 0 Å². The molecule has 2 aromatic rings.